The molecule has 2 rings (SSSR count). The van der Waals surface area contributed by atoms with Crippen LogP contribution in [0.4, 0.5) is 0 Å². The number of fused-ring (bicyclic) bond motifs is 1. The molecular weight excluding hydrogens is 404 g/mol. The summed E-state index contributed by atoms with van der Waals surface area (Å²) in [5.74, 6) is -3.96. The number of aromatic amines is 1. The van der Waals surface area contributed by atoms with Crippen LogP contribution in [-0.4, -0.2) is 57.1 Å². The summed E-state index contributed by atoms with van der Waals surface area (Å²) in [7, 11) is 0. The molecule has 0 radical (unpaired) electrons. The average molecular weight is 432 g/mol. The average Bonchev–Trinajstić information content (AvgIpc) is 3.12. The highest BCUT2D eigenvalue weighted by Gasteiger charge is 2.29. The number of benzene rings is 1. The summed E-state index contributed by atoms with van der Waals surface area (Å²) in [5.41, 5.74) is 7.50. The Kier molecular flexibility index (Phi) is 8.14. The Morgan fingerprint density at radius 2 is 1.68 bits per heavy atom. The van der Waals surface area contributed by atoms with Crippen LogP contribution < -0.4 is 16.4 Å². The molecule has 2 amide bonds. The number of H-pyrrole nitrogens is 1. The number of rotatable bonds is 11. The summed E-state index contributed by atoms with van der Waals surface area (Å²) in [4.78, 5) is 50.8. The van der Waals surface area contributed by atoms with Crippen LogP contribution in [0.15, 0.2) is 30.5 Å². The van der Waals surface area contributed by atoms with E-state index in [0.717, 1.165) is 16.5 Å². The smallest absolute Gasteiger partial charge is 0.326 e. The van der Waals surface area contributed by atoms with Crippen molar-refractivity contribution in [3.05, 3.63) is 36.0 Å². The first-order valence-corrected chi connectivity index (χ1v) is 9.96. The van der Waals surface area contributed by atoms with E-state index >= 15 is 0 Å². The lowest BCUT2D eigenvalue weighted by molar-refractivity contribution is -0.143. The summed E-state index contributed by atoms with van der Waals surface area (Å²) in [6, 6.07) is 4.09. The minimum absolute atomic E-state index is 0.0949. The summed E-state index contributed by atoms with van der Waals surface area (Å²) in [6.07, 6.45) is 1.11. The summed E-state index contributed by atoms with van der Waals surface area (Å²) < 4.78 is 0. The molecule has 1 heterocycles. The largest absolute Gasteiger partial charge is 0.481 e. The third kappa shape index (κ3) is 6.54. The van der Waals surface area contributed by atoms with Crippen molar-refractivity contribution in [2.24, 2.45) is 11.7 Å². The minimum Gasteiger partial charge on any atom is -0.481 e. The maximum atomic E-state index is 12.9. The van der Waals surface area contributed by atoms with Gasteiger partial charge < -0.3 is 31.6 Å². The lowest BCUT2D eigenvalue weighted by Gasteiger charge is -2.23. The highest BCUT2D eigenvalue weighted by molar-refractivity contribution is 5.93. The molecule has 1 aromatic carbocycles. The molecule has 0 spiro atoms. The third-order valence-electron chi connectivity index (χ3n) is 5.01. The molecule has 3 atom stereocenters. The highest BCUT2D eigenvalue weighted by atomic mass is 16.4. The Morgan fingerprint density at radius 1 is 1.03 bits per heavy atom. The molecule has 0 bridgehead atoms. The molecule has 10 nitrogen and oxygen atoms in total. The number of carbonyl (C=O) groups is 4. The van der Waals surface area contributed by atoms with Crippen LogP contribution in [0.1, 0.15) is 32.3 Å². The fourth-order valence-corrected chi connectivity index (χ4v) is 3.10. The maximum Gasteiger partial charge on any atom is 0.326 e. The van der Waals surface area contributed by atoms with Crippen LogP contribution in [0.25, 0.3) is 10.9 Å². The van der Waals surface area contributed by atoms with Gasteiger partial charge in [-0.25, -0.2) is 4.79 Å². The number of amides is 2. The van der Waals surface area contributed by atoms with E-state index in [1.54, 1.807) is 20.0 Å². The first kappa shape index (κ1) is 23.9. The second-order valence-corrected chi connectivity index (χ2v) is 7.73. The number of carbonyl (C=O) groups excluding carboxylic acids is 2. The first-order valence-electron chi connectivity index (χ1n) is 9.96. The van der Waals surface area contributed by atoms with Crippen LogP contribution in [0.5, 0.6) is 0 Å². The molecule has 10 heteroatoms. The number of carboxylic acids is 2. The van der Waals surface area contributed by atoms with Gasteiger partial charge in [-0.05, 0) is 24.0 Å². The normalized spacial score (nSPS) is 14.1. The predicted molar refractivity (Wildman–Crippen MR) is 113 cm³/mol. The van der Waals surface area contributed by atoms with Crippen LogP contribution in [-0.2, 0) is 25.6 Å². The number of nitrogens with one attached hydrogen (secondary N) is 3. The highest BCUT2D eigenvalue weighted by Crippen LogP contribution is 2.19. The van der Waals surface area contributed by atoms with Crippen molar-refractivity contribution in [2.45, 2.75) is 51.2 Å². The van der Waals surface area contributed by atoms with Crippen molar-refractivity contribution in [3.8, 4) is 0 Å². The second-order valence-electron chi connectivity index (χ2n) is 7.73. The van der Waals surface area contributed by atoms with E-state index in [9.17, 15) is 24.3 Å². The molecule has 31 heavy (non-hydrogen) atoms. The molecule has 0 unspecified atom stereocenters. The SMILES string of the molecule is CC(C)[C@H](N)C(=O)N[C@@H](Cc1c[nH]c2ccccc12)C(=O)N[C@@H](CCC(=O)O)C(=O)O. The Balaban J connectivity index is 2.25. The number of aliphatic carboxylic acids is 2. The molecule has 0 saturated heterocycles. The number of hydrogen-bond donors (Lipinski definition) is 6. The van der Waals surface area contributed by atoms with Gasteiger partial charge in [-0.1, -0.05) is 32.0 Å². The Hall–Kier alpha value is -3.40. The Labute approximate surface area is 179 Å². The van der Waals surface area contributed by atoms with Crippen molar-refractivity contribution >= 4 is 34.7 Å². The van der Waals surface area contributed by atoms with E-state index in [4.69, 9.17) is 10.8 Å². The minimum atomic E-state index is -1.40. The number of para-hydroxylation sites is 1. The van der Waals surface area contributed by atoms with Gasteiger partial charge in [0.2, 0.25) is 11.8 Å². The Morgan fingerprint density at radius 3 is 2.29 bits per heavy atom. The molecular formula is C21H28N4O6. The van der Waals surface area contributed by atoms with Crippen LogP contribution >= 0.6 is 0 Å². The standard InChI is InChI=1S/C21H28N4O6/c1-11(2)18(22)20(29)25-16(9-12-10-23-14-6-4-3-5-13(12)14)19(28)24-15(21(30)31)7-8-17(26)27/h3-6,10-11,15-16,18,23H,7-9,22H2,1-2H3,(H,24,28)(H,25,29)(H,26,27)(H,30,31)/t15-,16-,18-/m0/s1. The van der Waals surface area contributed by atoms with Gasteiger partial charge in [0.05, 0.1) is 6.04 Å². The molecule has 168 valence electrons. The van der Waals surface area contributed by atoms with Crippen LogP contribution in [0, 0.1) is 5.92 Å². The van der Waals surface area contributed by atoms with Crippen molar-refractivity contribution in [3.63, 3.8) is 0 Å². The van der Waals surface area contributed by atoms with Gasteiger partial charge in [0.15, 0.2) is 0 Å². The van der Waals surface area contributed by atoms with Crippen molar-refractivity contribution < 1.29 is 29.4 Å². The molecule has 2 aromatic rings. The van der Waals surface area contributed by atoms with Gasteiger partial charge in [-0.2, -0.15) is 0 Å². The zero-order chi connectivity index (χ0) is 23.1. The lowest BCUT2D eigenvalue weighted by Crippen LogP contribution is -2.56. The number of nitrogens with two attached hydrogens (primary N) is 1. The number of carboxylic acid groups (broad SMARTS) is 2. The maximum absolute atomic E-state index is 12.9. The molecule has 0 aliphatic rings. The van der Waals surface area contributed by atoms with Gasteiger partial charge >= 0.3 is 11.9 Å². The van der Waals surface area contributed by atoms with Gasteiger partial charge in [-0.3, -0.25) is 14.4 Å². The zero-order valence-electron chi connectivity index (χ0n) is 17.4. The van der Waals surface area contributed by atoms with Gasteiger partial charge in [0.25, 0.3) is 0 Å². The van der Waals surface area contributed by atoms with Gasteiger partial charge in [0.1, 0.15) is 12.1 Å². The summed E-state index contributed by atoms with van der Waals surface area (Å²) in [6.45, 7) is 3.54. The number of hydrogen-bond acceptors (Lipinski definition) is 5. The van der Waals surface area contributed by atoms with Crippen molar-refractivity contribution in [2.75, 3.05) is 0 Å². The first-order chi connectivity index (χ1) is 14.6. The second kappa shape index (κ2) is 10.6. The third-order valence-corrected chi connectivity index (χ3v) is 5.01. The molecule has 0 aliphatic heterocycles. The molecule has 0 fully saturated rings. The van der Waals surface area contributed by atoms with Crippen LogP contribution in [0.3, 0.4) is 0 Å². The van der Waals surface area contributed by atoms with E-state index in [1.807, 2.05) is 24.3 Å². The molecule has 0 aliphatic carbocycles. The monoisotopic (exact) mass is 432 g/mol. The van der Waals surface area contributed by atoms with Crippen molar-refractivity contribution in [1.29, 1.82) is 0 Å². The fourth-order valence-electron chi connectivity index (χ4n) is 3.10. The Bertz CT molecular complexity index is 954. The van der Waals surface area contributed by atoms with E-state index in [1.165, 1.54) is 0 Å². The number of aromatic nitrogens is 1. The van der Waals surface area contributed by atoms with E-state index in [2.05, 4.69) is 15.6 Å². The molecule has 1 aromatic heterocycles. The van der Waals surface area contributed by atoms with Crippen molar-refractivity contribution in [1.82, 2.24) is 15.6 Å². The van der Waals surface area contributed by atoms with Gasteiger partial charge in [-0.15, -0.1) is 0 Å². The van der Waals surface area contributed by atoms with E-state index < -0.39 is 48.3 Å². The van der Waals surface area contributed by atoms with Crippen LogP contribution in [0.2, 0.25) is 0 Å². The fraction of sp³-hybridized carbons (Fsp3) is 0.429. The summed E-state index contributed by atoms with van der Waals surface area (Å²) in [5, 5.41) is 24.0. The molecule has 0 saturated carbocycles. The van der Waals surface area contributed by atoms with E-state index in [-0.39, 0.29) is 18.8 Å². The van der Waals surface area contributed by atoms with Gasteiger partial charge in [0, 0.05) is 29.9 Å². The zero-order valence-corrected chi connectivity index (χ0v) is 17.4. The topological polar surface area (TPSA) is 175 Å². The molecule has 7 N–H and O–H groups in total. The van der Waals surface area contributed by atoms with E-state index in [0.29, 0.717) is 0 Å². The lowest BCUT2D eigenvalue weighted by atomic mass is 10.0. The summed E-state index contributed by atoms with van der Waals surface area (Å²) >= 11 is 0. The predicted octanol–water partition coefficient (Wildman–Crippen LogP) is 0.613. The quantitative estimate of drug-likeness (QED) is 0.301.